The summed E-state index contributed by atoms with van der Waals surface area (Å²) in [7, 11) is 1.36. The number of ether oxygens (including phenoxy) is 3. The predicted molar refractivity (Wildman–Crippen MR) is 156 cm³/mol. The normalized spacial score (nSPS) is 26.5. The third-order valence-electron chi connectivity index (χ3n) is 8.60. The van der Waals surface area contributed by atoms with E-state index in [1.54, 1.807) is 0 Å². The number of hydrogen-bond donors (Lipinski definition) is 2. The first-order valence-corrected chi connectivity index (χ1v) is 15.2. The van der Waals surface area contributed by atoms with Gasteiger partial charge in [-0.1, -0.05) is 11.6 Å². The topological polar surface area (TPSA) is 129 Å². The van der Waals surface area contributed by atoms with Crippen LogP contribution in [-0.2, 0) is 14.3 Å². The van der Waals surface area contributed by atoms with Gasteiger partial charge in [-0.25, -0.2) is 4.39 Å². The lowest BCUT2D eigenvalue weighted by atomic mass is 9.83. The molecule has 0 unspecified atom stereocenters. The van der Waals surface area contributed by atoms with Crippen LogP contribution >= 0.6 is 11.6 Å². The molecule has 2 N–H and O–H groups in total. The maximum atomic E-state index is 15.1. The van der Waals surface area contributed by atoms with Crippen molar-refractivity contribution in [2.24, 2.45) is 23.7 Å². The summed E-state index contributed by atoms with van der Waals surface area (Å²) >= 11 is 5.99. The molecule has 5 rings (SSSR count). The van der Waals surface area contributed by atoms with Crippen molar-refractivity contribution in [1.29, 1.82) is 0 Å². The van der Waals surface area contributed by atoms with Crippen LogP contribution in [0.15, 0.2) is 24.4 Å². The fraction of sp³-hybridized carbons (Fsp3) is 0.581. The van der Waals surface area contributed by atoms with Crippen LogP contribution in [0, 0.1) is 29.5 Å². The summed E-state index contributed by atoms with van der Waals surface area (Å²) in [4.78, 5) is 39.4. The van der Waals surface area contributed by atoms with E-state index in [2.05, 4.69) is 20.8 Å². The first-order chi connectivity index (χ1) is 20.4. The van der Waals surface area contributed by atoms with Crippen molar-refractivity contribution in [3.8, 4) is 11.5 Å². The van der Waals surface area contributed by atoms with E-state index >= 15 is 4.39 Å². The Morgan fingerprint density at radius 3 is 2.40 bits per heavy atom. The average Bonchev–Trinajstić information content (AvgIpc) is 3.55. The summed E-state index contributed by atoms with van der Waals surface area (Å²) in [5.41, 5.74) is -0.440. The second-order valence-electron chi connectivity index (χ2n) is 12.7. The molecule has 3 saturated carbocycles. The molecule has 3 aliphatic carbocycles. The van der Waals surface area contributed by atoms with Gasteiger partial charge in [-0.05, 0) is 83.6 Å². The van der Waals surface area contributed by atoms with Crippen LogP contribution in [0.3, 0.4) is 0 Å². The Kier molecular flexibility index (Phi) is 9.10. The number of rotatable bonds is 8. The molecule has 12 heteroatoms. The zero-order valence-corrected chi connectivity index (χ0v) is 25.6. The lowest BCUT2D eigenvalue weighted by Crippen LogP contribution is -2.48. The second-order valence-corrected chi connectivity index (χ2v) is 13.2. The number of hydrogen-bond acceptors (Lipinski definition) is 8. The molecule has 10 nitrogen and oxygen atoms in total. The number of fused-ring (bicyclic) bond motifs is 2. The highest BCUT2D eigenvalue weighted by molar-refractivity contribution is 6.30. The molecular weight excluding hydrogens is 579 g/mol. The summed E-state index contributed by atoms with van der Waals surface area (Å²) in [6.45, 7) is 5.51. The van der Waals surface area contributed by atoms with E-state index in [-0.39, 0.29) is 58.6 Å². The van der Waals surface area contributed by atoms with Gasteiger partial charge in [-0.2, -0.15) is 5.10 Å². The van der Waals surface area contributed by atoms with E-state index in [0.29, 0.717) is 30.7 Å². The molecule has 0 saturated heterocycles. The van der Waals surface area contributed by atoms with Gasteiger partial charge in [0.2, 0.25) is 5.91 Å². The first kappa shape index (κ1) is 31.0. The molecule has 2 amide bonds. The number of carbonyl (C=O) groups is 3. The largest absolute Gasteiger partial charge is 0.496 e. The molecular formula is C31H38ClFN4O6. The van der Waals surface area contributed by atoms with E-state index in [9.17, 15) is 14.4 Å². The Bertz CT molecular complexity index is 1380. The number of halogens is 2. The van der Waals surface area contributed by atoms with Crippen molar-refractivity contribution >= 4 is 35.2 Å². The average molecular weight is 617 g/mol. The highest BCUT2D eigenvalue weighted by Crippen LogP contribution is 2.49. The number of amides is 2. The van der Waals surface area contributed by atoms with E-state index < -0.39 is 29.3 Å². The summed E-state index contributed by atoms with van der Waals surface area (Å²) in [5.74, 6) is -1.81. The summed E-state index contributed by atoms with van der Waals surface area (Å²) < 4.78 is 31.9. The maximum absolute atomic E-state index is 15.1. The van der Waals surface area contributed by atoms with E-state index in [1.807, 2.05) is 20.8 Å². The van der Waals surface area contributed by atoms with Gasteiger partial charge in [0.1, 0.15) is 11.4 Å². The Labute approximate surface area is 255 Å². The van der Waals surface area contributed by atoms with Crippen molar-refractivity contribution in [1.82, 2.24) is 15.5 Å². The van der Waals surface area contributed by atoms with Crippen LogP contribution in [-0.4, -0.2) is 52.8 Å². The van der Waals surface area contributed by atoms with Crippen LogP contribution in [0.25, 0.3) is 0 Å². The van der Waals surface area contributed by atoms with Crippen molar-refractivity contribution in [3.05, 3.63) is 40.8 Å². The van der Waals surface area contributed by atoms with E-state index in [4.69, 9.17) is 25.8 Å². The molecule has 1 aromatic heterocycles. The van der Waals surface area contributed by atoms with Gasteiger partial charge in [0.15, 0.2) is 17.4 Å². The zero-order valence-electron chi connectivity index (χ0n) is 24.8. The van der Waals surface area contributed by atoms with Crippen molar-refractivity contribution in [3.63, 3.8) is 0 Å². The first-order valence-electron chi connectivity index (χ1n) is 14.8. The maximum Gasteiger partial charge on any atom is 0.309 e. The molecule has 3 fully saturated rings. The standard InChI is InChI=1S/C31H38ClFN4O6/c1-31(2,3)43-30(40)16-7-9-20(10-8-16)42-24-13-21(23(41-4)14-22(24)33)28(38)36-27-18-6-5-17(11-18)26(27)29(39)35-25-12-19(32)15-34-37-25/h12-18,20,26-27H,5-11H2,1-4H3,(H,36,38)(H,35,37,39)/t16?,17-,18+,20?,26+,27-/m1/s1. The quantitative estimate of drug-likeness (QED) is 0.380. The van der Waals surface area contributed by atoms with Gasteiger partial charge >= 0.3 is 5.97 Å². The SMILES string of the molecule is COc1cc(F)c(OC2CCC(C(=O)OC(C)(C)C)CC2)cc1C(=O)N[C@@H]1[C@H]2CC[C@H](C2)[C@@H]1C(=O)Nc1cc(Cl)cnn1. The number of benzene rings is 1. The molecule has 4 atom stereocenters. The Balaban J connectivity index is 1.27. The van der Waals surface area contributed by atoms with Crippen LogP contribution in [0.2, 0.25) is 5.02 Å². The fourth-order valence-corrected chi connectivity index (χ4v) is 6.82. The van der Waals surface area contributed by atoms with Gasteiger partial charge < -0.3 is 24.8 Å². The van der Waals surface area contributed by atoms with Crippen molar-refractivity contribution in [2.45, 2.75) is 83.5 Å². The van der Waals surface area contributed by atoms with Crippen LogP contribution in [0.4, 0.5) is 10.2 Å². The molecule has 0 spiro atoms. The van der Waals surface area contributed by atoms with Gasteiger partial charge in [-0.15, -0.1) is 5.10 Å². The molecule has 2 bridgehead atoms. The van der Waals surface area contributed by atoms with Gasteiger partial charge in [0, 0.05) is 18.2 Å². The molecule has 0 aliphatic heterocycles. The number of nitrogens with one attached hydrogen (secondary N) is 2. The van der Waals surface area contributed by atoms with Crippen molar-refractivity contribution < 1.29 is 33.0 Å². The predicted octanol–water partition coefficient (Wildman–Crippen LogP) is 5.34. The number of nitrogens with zero attached hydrogens (tertiary/aromatic N) is 2. The van der Waals surface area contributed by atoms with Gasteiger partial charge in [0.25, 0.3) is 5.91 Å². The minimum atomic E-state index is -0.650. The third kappa shape index (κ3) is 7.20. The van der Waals surface area contributed by atoms with Gasteiger partial charge in [0.05, 0.1) is 41.8 Å². The third-order valence-corrected chi connectivity index (χ3v) is 8.80. The lowest BCUT2D eigenvalue weighted by Gasteiger charge is -2.31. The van der Waals surface area contributed by atoms with E-state index in [0.717, 1.165) is 25.3 Å². The highest BCUT2D eigenvalue weighted by atomic mass is 35.5. The minimum Gasteiger partial charge on any atom is -0.496 e. The van der Waals surface area contributed by atoms with Crippen molar-refractivity contribution in [2.75, 3.05) is 12.4 Å². The number of carbonyl (C=O) groups excluding carboxylic acids is 3. The lowest BCUT2D eigenvalue weighted by molar-refractivity contribution is -0.161. The monoisotopic (exact) mass is 616 g/mol. The summed E-state index contributed by atoms with van der Waals surface area (Å²) in [6, 6.07) is 3.59. The van der Waals surface area contributed by atoms with Gasteiger partial charge in [-0.3, -0.25) is 14.4 Å². The Morgan fingerprint density at radius 1 is 1.00 bits per heavy atom. The van der Waals surface area contributed by atoms with Crippen LogP contribution in [0.5, 0.6) is 11.5 Å². The molecule has 1 aromatic carbocycles. The van der Waals surface area contributed by atoms with Crippen LogP contribution in [0.1, 0.15) is 76.1 Å². The van der Waals surface area contributed by atoms with Crippen LogP contribution < -0.4 is 20.1 Å². The number of esters is 1. The molecule has 43 heavy (non-hydrogen) atoms. The molecule has 1 heterocycles. The molecule has 2 aromatic rings. The molecule has 232 valence electrons. The molecule has 3 aliphatic rings. The zero-order chi connectivity index (χ0) is 30.9. The van der Waals surface area contributed by atoms with E-state index in [1.165, 1.54) is 25.4 Å². The number of aromatic nitrogens is 2. The molecule has 0 radical (unpaired) electrons. The summed E-state index contributed by atoms with van der Waals surface area (Å²) in [5, 5.41) is 13.9. The smallest absolute Gasteiger partial charge is 0.309 e. The minimum absolute atomic E-state index is 0.0616. The second kappa shape index (κ2) is 12.6. The Morgan fingerprint density at radius 2 is 1.72 bits per heavy atom. The highest BCUT2D eigenvalue weighted by Gasteiger charge is 2.51. The Hall–Kier alpha value is -3.47. The fourth-order valence-electron chi connectivity index (χ4n) is 6.67. The number of methoxy groups -OCH3 is 1. The summed E-state index contributed by atoms with van der Waals surface area (Å²) in [6.07, 6.45) is 5.92. The number of anilines is 1.